The van der Waals surface area contributed by atoms with Crippen LogP contribution in [0.1, 0.15) is 0 Å². The van der Waals surface area contributed by atoms with Gasteiger partial charge in [-0.3, -0.25) is 4.40 Å². The number of nitrogens with zero attached hydrogens (tertiary/aromatic N) is 4. The Morgan fingerprint density at radius 2 is 2.19 bits per heavy atom. The SMILES string of the molecule is Nc1nn(-c2cccc3nccn23)cc1Cl. The Morgan fingerprint density at radius 3 is 2.94 bits per heavy atom. The van der Waals surface area contributed by atoms with Crippen molar-refractivity contribution in [1.82, 2.24) is 19.2 Å². The molecule has 5 nitrogen and oxygen atoms in total. The summed E-state index contributed by atoms with van der Waals surface area (Å²) in [5.74, 6) is 1.16. The lowest BCUT2D eigenvalue weighted by Gasteiger charge is -2.04. The maximum Gasteiger partial charge on any atom is 0.164 e. The molecule has 3 aromatic rings. The second-order valence-corrected chi connectivity index (χ2v) is 3.75. The van der Waals surface area contributed by atoms with E-state index in [2.05, 4.69) is 10.1 Å². The first-order chi connectivity index (χ1) is 7.75. The van der Waals surface area contributed by atoms with Crippen molar-refractivity contribution in [3.05, 3.63) is 41.8 Å². The molecule has 3 heterocycles. The number of nitrogens with two attached hydrogens (primary N) is 1. The van der Waals surface area contributed by atoms with Crippen molar-refractivity contribution in [3.63, 3.8) is 0 Å². The fraction of sp³-hybridized carbons (Fsp3) is 0. The molecule has 0 fully saturated rings. The molecule has 0 bridgehead atoms. The Kier molecular flexibility index (Phi) is 1.87. The normalized spacial score (nSPS) is 11.1. The number of rotatable bonds is 1. The van der Waals surface area contributed by atoms with Gasteiger partial charge in [-0.25, -0.2) is 9.67 Å². The number of nitrogen functional groups attached to an aromatic ring is 1. The number of fused-ring (bicyclic) bond motifs is 1. The zero-order chi connectivity index (χ0) is 11.1. The van der Waals surface area contributed by atoms with Crippen LogP contribution < -0.4 is 5.73 Å². The molecule has 2 N–H and O–H groups in total. The zero-order valence-electron chi connectivity index (χ0n) is 8.21. The predicted molar refractivity (Wildman–Crippen MR) is 61.7 cm³/mol. The third-order valence-electron chi connectivity index (χ3n) is 2.34. The molecule has 0 spiro atoms. The summed E-state index contributed by atoms with van der Waals surface area (Å²) in [5, 5.41) is 4.57. The summed E-state index contributed by atoms with van der Waals surface area (Å²) in [7, 11) is 0. The van der Waals surface area contributed by atoms with Crippen LogP contribution in [0.25, 0.3) is 11.5 Å². The van der Waals surface area contributed by atoms with E-state index in [1.807, 2.05) is 28.8 Å². The van der Waals surface area contributed by atoms with Crippen LogP contribution >= 0.6 is 11.6 Å². The minimum atomic E-state index is 0.318. The largest absolute Gasteiger partial charge is 0.381 e. The first-order valence-corrected chi connectivity index (χ1v) is 5.06. The number of aromatic nitrogens is 4. The van der Waals surface area contributed by atoms with E-state index in [1.54, 1.807) is 17.1 Å². The van der Waals surface area contributed by atoms with Crippen molar-refractivity contribution in [2.45, 2.75) is 0 Å². The molecule has 0 radical (unpaired) electrons. The highest BCUT2D eigenvalue weighted by atomic mass is 35.5. The minimum absolute atomic E-state index is 0.318. The van der Waals surface area contributed by atoms with Crippen LogP contribution in [0.15, 0.2) is 36.8 Å². The van der Waals surface area contributed by atoms with Crippen LogP contribution in [0.4, 0.5) is 5.82 Å². The summed E-state index contributed by atoms with van der Waals surface area (Å²) >= 11 is 5.87. The van der Waals surface area contributed by atoms with Gasteiger partial charge in [-0.05, 0) is 12.1 Å². The molecule has 3 aromatic heterocycles. The molecule has 0 unspecified atom stereocenters. The monoisotopic (exact) mass is 233 g/mol. The summed E-state index contributed by atoms with van der Waals surface area (Å²) in [5.41, 5.74) is 6.46. The lowest BCUT2D eigenvalue weighted by molar-refractivity contribution is 0.834. The fourth-order valence-corrected chi connectivity index (χ4v) is 1.73. The standard InChI is InChI=1S/C10H8ClN5/c11-7-6-16(14-10(7)12)9-3-1-2-8-13-4-5-15(8)9/h1-6H,(H2,12,14). The summed E-state index contributed by atoms with van der Waals surface area (Å²) in [6.07, 6.45) is 5.26. The Balaban J connectivity index is 2.29. The highest BCUT2D eigenvalue weighted by Crippen LogP contribution is 2.19. The molecule has 3 rings (SSSR count). The molecule has 0 amide bonds. The maximum atomic E-state index is 5.87. The average molecular weight is 234 g/mol. The van der Waals surface area contributed by atoms with Gasteiger partial charge in [0.15, 0.2) is 5.82 Å². The van der Waals surface area contributed by atoms with E-state index in [-0.39, 0.29) is 0 Å². The van der Waals surface area contributed by atoms with Crippen molar-refractivity contribution >= 4 is 23.1 Å². The van der Waals surface area contributed by atoms with Gasteiger partial charge in [-0.1, -0.05) is 17.7 Å². The third-order valence-corrected chi connectivity index (χ3v) is 2.63. The average Bonchev–Trinajstić information content (AvgIpc) is 2.85. The highest BCUT2D eigenvalue weighted by molar-refractivity contribution is 6.32. The quantitative estimate of drug-likeness (QED) is 0.697. The lowest BCUT2D eigenvalue weighted by atomic mass is 10.4. The van der Waals surface area contributed by atoms with Gasteiger partial charge in [0.2, 0.25) is 0 Å². The van der Waals surface area contributed by atoms with Gasteiger partial charge < -0.3 is 5.73 Å². The van der Waals surface area contributed by atoms with Gasteiger partial charge >= 0.3 is 0 Å². The van der Waals surface area contributed by atoms with Crippen LogP contribution in [-0.4, -0.2) is 19.2 Å². The molecule has 0 aliphatic rings. The number of pyridine rings is 1. The molecule has 0 aliphatic carbocycles. The maximum absolute atomic E-state index is 5.87. The minimum Gasteiger partial charge on any atom is -0.381 e. The van der Waals surface area contributed by atoms with Gasteiger partial charge in [0.25, 0.3) is 0 Å². The molecule has 0 saturated heterocycles. The predicted octanol–water partition coefficient (Wildman–Crippen LogP) is 1.76. The van der Waals surface area contributed by atoms with Gasteiger partial charge in [0.05, 0.1) is 6.20 Å². The molecule has 0 atom stereocenters. The van der Waals surface area contributed by atoms with Crippen molar-refractivity contribution in [2.75, 3.05) is 5.73 Å². The summed E-state index contributed by atoms with van der Waals surface area (Å²) in [6.45, 7) is 0. The van der Waals surface area contributed by atoms with Gasteiger partial charge in [-0.15, -0.1) is 5.10 Å². The summed E-state index contributed by atoms with van der Waals surface area (Å²) in [4.78, 5) is 4.19. The van der Waals surface area contributed by atoms with Gasteiger partial charge in [0.1, 0.15) is 16.5 Å². The van der Waals surface area contributed by atoms with Gasteiger partial charge in [-0.2, -0.15) is 0 Å². The van der Waals surface area contributed by atoms with E-state index < -0.39 is 0 Å². The lowest BCUT2D eigenvalue weighted by Crippen LogP contribution is -2.02. The van der Waals surface area contributed by atoms with Crippen molar-refractivity contribution in [3.8, 4) is 5.82 Å². The van der Waals surface area contributed by atoms with Gasteiger partial charge in [0, 0.05) is 12.4 Å². The smallest absolute Gasteiger partial charge is 0.164 e. The Morgan fingerprint density at radius 1 is 1.31 bits per heavy atom. The van der Waals surface area contributed by atoms with Crippen molar-refractivity contribution in [2.24, 2.45) is 0 Å². The van der Waals surface area contributed by atoms with Crippen LogP contribution in [0, 0.1) is 0 Å². The van der Waals surface area contributed by atoms with Crippen LogP contribution in [-0.2, 0) is 0 Å². The third kappa shape index (κ3) is 1.25. The number of halogens is 1. The van der Waals surface area contributed by atoms with E-state index in [9.17, 15) is 0 Å². The summed E-state index contributed by atoms with van der Waals surface area (Å²) < 4.78 is 3.54. The number of hydrogen-bond acceptors (Lipinski definition) is 3. The number of imidazole rings is 1. The molecule has 80 valence electrons. The molecular weight excluding hydrogens is 226 g/mol. The molecule has 16 heavy (non-hydrogen) atoms. The molecule has 6 heteroatoms. The van der Waals surface area contributed by atoms with Crippen LogP contribution in [0.3, 0.4) is 0 Å². The van der Waals surface area contributed by atoms with E-state index in [1.165, 1.54) is 0 Å². The van der Waals surface area contributed by atoms with Crippen LogP contribution in [0.5, 0.6) is 0 Å². The first kappa shape index (κ1) is 9.23. The molecule has 0 aromatic carbocycles. The molecule has 0 saturated carbocycles. The Labute approximate surface area is 96.1 Å². The Bertz CT molecular complexity index is 635. The van der Waals surface area contributed by atoms with Crippen molar-refractivity contribution < 1.29 is 0 Å². The Hall–Kier alpha value is -2.01. The van der Waals surface area contributed by atoms with Crippen molar-refractivity contribution in [1.29, 1.82) is 0 Å². The second kappa shape index (κ2) is 3.24. The van der Waals surface area contributed by atoms with E-state index >= 15 is 0 Å². The highest BCUT2D eigenvalue weighted by Gasteiger charge is 2.07. The first-order valence-electron chi connectivity index (χ1n) is 4.69. The molecule has 0 aliphatic heterocycles. The fourth-order valence-electron chi connectivity index (χ4n) is 1.60. The number of anilines is 1. The van der Waals surface area contributed by atoms with E-state index in [0.717, 1.165) is 11.5 Å². The van der Waals surface area contributed by atoms with E-state index in [0.29, 0.717) is 10.8 Å². The summed E-state index contributed by atoms with van der Waals surface area (Å²) in [6, 6.07) is 5.73. The number of hydrogen-bond donors (Lipinski definition) is 1. The second-order valence-electron chi connectivity index (χ2n) is 3.35. The topological polar surface area (TPSA) is 61.1 Å². The van der Waals surface area contributed by atoms with Crippen LogP contribution in [0.2, 0.25) is 5.02 Å². The zero-order valence-corrected chi connectivity index (χ0v) is 8.96. The van der Waals surface area contributed by atoms with E-state index in [4.69, 9.17) is 17.3 Å². The molecular formula is C10H8ClN5.